The molecule has 3 aromatic heterocycles. The minimum atomic E-state index is -3.54. The Balaban J connectivity index is 0.000000216. The molecular formula is C39H42ClN7O8S. The summed E-state index contributed by atoms with van der Waals surface area (Å²) in [5.41, 5.74) is 4.76. The Morgan fingerprint density at radius 2 is 1.41 bits per heavy atom. The second-order valence-corrected chi connectivity index (χ2v) is 16.2. The molecule has 0 radical (unpaired) electrons. The van der Waals surface area contributed by atoms with Crippen molar-refractivity contribution in [2.24, 2.45) is 14.1 Å². The number of aromatic nitrogens is 6. The number of ether oxygens (including phenoxy) is 2. The fourth-order valence-corrected chi connectivity index (χ4v) is 6.92. The van der Waals surface area contributed by atoms with Crippen molar-refractivity contribution in [3.63, 3.8) is 0 Å². The molecule has 17 heteroatoms. The van der Waals surface area contributed by atoms with Gasteiger partial charge in [0.25, 0.3) is 5.56 Å². The number of aromatic amines is 1. The minimum absolute atomic E-state index is 0.120. The van der Waals surface area contributed by atoms with Crippen LogP contribution in [-0.2, 0) is 34.5 Å². The number of nitrogens with one attached hydrogen (secondary N) is 2. The van der Waals surface area contributed by atoms with Crippen molar-refractivity contribution in [1.82, 2.24) is 29.1 Å². The summed E-state index contributed by atoms with van der Waals surface area (Å²) >= 11 is 5.85. The molecule has 0 aliphatic heterocycles. The number of aryl methyl sites for hydroxylation is 2. The third-order valence-electron chi connectivity index (χ3n) is 8.81. The molecule has 0 aliphatic rings. The molecular weight excluding hydrogens is 762 g/mol. The summed E-state index contributed by atoms with van der Waals surface area (Å²) in [6.07, 6.45) is 3.60. The maximum absolute atomic E-state index is 12.8. The van der Waals surface area contributed by atoms with E-state index < -0.39 is 39.0 Å². The quantitative estimate of drug-likeness (QED) is 0.153. The number of sulfone groups is 1. The topological polar surface area (TPSA) is 189 Å². The fraction of sp³-hybridized carbons (Fsp3) is 0.282. The number of anilines is 1. The third-order valence-corrected chi connectivity index (χ3v) is 9.79. The minimum Gasteiger partial charge on any atom is -0.465 e. The number of carbonyl (C=O) groups is 2. The van der Waals surface area contributed by atoms with Gasteiger partial charge in [0, 0.05) is 48.9 Å². The summed E-state index contributed by atoms with van der Waals surface area (Å²) in [5.74, 6) is -0.646. The summed E-state index contributed by atoms with van der Waals surface area (Å²) in [6, 6.07) is 17.0. The van der Waals surface area contributed by atoms with Crippen LogP contribution in [0, 0.1) is 0 Å². The molecule has 56 heavy (non-hydrogen) atoms. The molecule has 6 aromatic rings. The van der Waals surface area contributed by atoms with Crippen LogP contribution in [-0.4, -0.2) is 63.0 Å². The molecule has 0 fully saturated rings. The van der Waals surface area contributed by atoms with Crippen molar-refractivity contribution >= 4 is 50.1 Å². The maximum atomic E-state index is 12.8. The Labute approximate surface area is 327 Å². The summed E-state index contributed by atoms with van der Waals surface area (Å²) in [5, 5.41) is 11.8. The van der Waals surface area contributed by atoms with Crippen molar-refractivity contribution in [1.29, 1.82) is 0 Å². The normalized spacial score (nSPS) is 11.4. The molecule has 0 aliphatic carbocycles. The Morgan fingerprint density at radius 1 is 0.857 bits per heavy atom. The lowest BCUT2D eigenvalue weighted by Gasteiger charge is -2.18. The first-order chi connectivity index (χ1) is 26.4. The van der Waals surface area contributed by atoms with Gasteiger partial charge >= 0.3 is 17.8 Å². The molecule has 3 aromatic carbocycles. The number of carbonyl (C=O) groups excluding carboxylic acids is 2. The molecule has 0 spiro atoms. The van der Waals surface area contributed by atoms with Crippen molar-refractivity contribution in [3.8, 4) is 28.3 Å². The lowest BCUT2D eigenvalue weighted by Crippen LogP contribution is -2.37. The van der Waals surface area contributed by atoms with Gasteiger partial charge in [-0.05, 0) is 83.6 Å². The van der Waals surface area contributed by atoms with E-state index >= 15 is 0 Å². The summed E-state index contributed by atoms with van der Waals surface area (Å²) < 4.78 is 37.5. The summed E-state index contributed by atoms with van der Waals surface area (Å²) in [7, 11) is 1.38. The first kappa shape index (κ1) is 41.2. The van der Waals surface area contributed by atoms with E-state index in [0.29, 0.717) is 26.5 Å². The molecule has 2 N–H and O–H groups in total. The van der Waals surface area contributed by atoms with E-state index in [1.54, 1.807) is 77.3 Å². The molecule has 0 bridgehead atoms. The second-order valence-electron chi connectivity index (χ2n) is 13.6. The van der Waals surface area contributed by atoms with E-state index in [0.717, 1.165) is 39.9 Å². The maximum Gasteiger partial charge on any atom is 0.417 e. The average molecular weight is 804 g/mol. The molecule has 0 unspecified atom stereocenters. The first-order valence-electron chi connectivity index (χ1n) is 17.3. The zero-order valence-electron chi connectivity index (χ0n) is 32.1. The number of hydrogen-bond donors (Lipinski definition) is 2. The number of benzene rings is 3. The number of halogens is 1. The zero-order valence-corrected chi connectivity index (χ0v) is 33.7. The Hall–Kier alpha value is -6.00. The van der Waals surface area contributed by atoms with Crippen LogP contribution in [0.3, 0.4) is 0 Å². The van der Waals surface area contributed by atoms with Gasteiger partial charge in [-0.1, -0.05) is 39.3 Å². The van der Waals surface area contributed by atoms with Crippen LogP contribution in [0.5, 0.6) is 5.75 Å². The Morgan fingerprint density at radius 3 is 1.91 bits per heavy atom. The second kappa shape index (κ2) is 16.8. The highest BCUT2D eigenvalue weighted by molar-refractivity contribution is 7.89. The largest absolute Gasteiger partial charge is 0.465 e. The number of rotatable bonds is 9. The Kier molecular flexibility index (Phi) is 12.3. The monoisotopic (exact) mass is 803 g/mol. The lowest BCUT2D eigenvalue weighted by molar-refractivity contribution is 0.0602. The van der Waals surface area contributed by atoms with E-state index in [2.05, 4.69) is 20.5 Å². The highest BCUT2D eigenvalue weighted by Crippen LogP contribution is 2.35. The van der Waals surface area contributed by atoms with Crippen molar-refractivity contribution in [2.45, 2.75) is 45.4 Å². The molecule has 294 valence electrons. The number of esters is 1. The number of H-pyrrole nitrogens is 1. The first-order valence-corrected chi connectivity index (χ1v) is 19.8. The molecule has 3 heterocycles. The number of amides is 1. The molecule has 15 nitrogen and oxygen atoms in total. The Bertz CT molecular complexity index is 2660. The smallest absolute Gasteiger partial charge is 0.417 e. The van der Waals surface area contributed by atoms with Crippen LogP contribution in [0.4, 0.5) is 10.5 Å². The molecule has 0 atom stereocenters. The number of nitrogens with zero attached hydrogens (tertiary/aromatic N) is 5. The van der Waals surface area contributed by atoms with Crippen molar-refractivity contribution in [3.05, 3.63) is 116 Å². The number of methoxy groups -OCH3 is 1. The number of hydrogen-bond acceptors (Lipinski definition) is 10. The molecule has 0 saturated heterocycles. The van der Waals surface area contributed by atoms with Gasteiger partial charge in [0.15, 0.2) is 9.84 Å². The van der Waals surface area contributed by atoms with Gasteiger partial charge in [0.2, 0.25) is 0 Å². The number of fused-ring (bicyclic) bond motifs is 1. The highest BCUT2D eigenvalue weighted by atomic mass is 35.5. The van der Waals surface area contributed by atoms with Crippen molar-refractivity contribution in [2.75, 3.05) is 18.7 Å². The lowest BCUT2D eigenvalue weighted by atomic mass is 9.92. The van der Waals surface area contributed by atoms with Crippen LogP contribution in [0.2, 0.25) is 5.02 Å². The molecule has 0 saturated carbocycles. The van der Waals surface area contributed by atoms with Gasteiger partial charge in [-0.3, -0.25) is 19.5 Å². The average Bonchev–Trinajstić information content (AvgIpc) is 3.77. The van der Waals surface area contributed by atoms with E-state index in [1.807, 2.05) is 46.9 Å². The van der Waals surface area contributed by atoms with E-state index in [-0.39, 0.29) is 22.8 Å². The van der Waals surface area contributed by atoms with Gasteiger partial charge < -0.3 is 14.5 Å². The van der Waals surface area contributed by atoms with Gasteiger partial charge in [0.1, 0.15) is 11.6 Å². The standard InChI is InChI=1S/C22H22ClN3O4.C17H20N4O4S/c1-13(2)16-12-19(25-22(28)30-15-7-5-14(23)6-8-15)18(21(27)29-4)11-17(16)20-9-10-24-26(20)3;1-10(2)11-8-14-13(7-12(11)15-5-6-18-20(15)3)16(22)21(17(23)19-14)9-26(4,24)25/h5-13H,1-4H3,(H,25,28);5-8,10H,9H2,1-4H3,(H,19,23). The van der Waals surface area contributed by atoms with Gasteiger partial charge in [-0.2, -0.15) is 10.2 Å². The highest BCUT2D eigenvalue weighted by Gasteiger charge is 2.22. The predicted octanol–water partition coefficient (Wildman–Crippen LogP) is 6.48. The molecule has 6 rings (SSSR count). The van der Waals surface area contributed by atoms with E-state index in [1.165, 1.54) is 7.11 Å². The predicted molar refractivity (Wildman–Crippen MR) is 215 cm³/mol. The van der Waals surface area contributed by atoms with Crippen LogP contribution in [0.15, 0.2) is 82.6 Å². The zero-order chi connectivity index (χ0) is 41.1. The van der Waals surface area contributed by atoms with Crippen LogP contribution >= 0.6 is 11.6 Å². The summed E-state index contributed by atoms with van der Waals surface area (Å²) in [6.45, 7) is 8.10. The summed E-state index contributed by atoms with van der Waals surface area (Å²) in [4.78, 5) is 52.5. The van der Waals surface area contributed by atoms with E-state index in [9.17, 15) is 27.6 Å². The SMILES string of the molecule is CC(C)c1cc2[nH]c(=O)n(CS(C)(=O)=O)c(=O)c2cc1-c1ccnn1C.COC(=O)c1cc(-c2ccnn2C)c(C(C)C)cc1NC(=O)Oc1ccc(Cl)cc1. The van der Waals surface area contributed by atoms with Gasteiger partial charge in [0.05, 0.1) is 40.7 Å². The van der Waals surface area contributed by atoms with Gasteiger partial charge in [-0.25, -0.2) is 27.4 Å². The van der Waals surface area contributed by atoms with Crippen LogP contribution < -0.4 is 21.3 Å². The van der Waals surface area contributed by atoms with Crippen molar-refractivity contribution < 1.29 is 27.5 Å². The molecule has 1 amide bonds. The van der Waals surface area contributed by atoms with Crippen LogP contribution in [0.1, 0.15) is 61.0 Å². The third kappa shape index (κ3) is 9.26. The van der Waals surface area contributed by atoms with Crippen LogP contribution in [0.25, 0.3) is 33.4 Å². The fourth-order valence-electron chi connectivity index (χ4n) is 6.09. The van der Waals surface area contributed by atoms with Gasteiger partial charge in [-0.15, -0.1) is 0 Å². The van der Waals surface area contributed by atoms with E-state index in [4.69, 9.17) is 21.1 Å².